The fourth-order valence-electron chi connectivity index (χ4n) is 3.57. The van der Waals surface area contributed by atoms with Crippen LogP contribution in [-0.4, -0.2) is 49.8 Å². The molecule has 0 amide bonds. The quantitative estimate of drug-likeness (QED) is 0.814. The monoisotopic (exact) mass is 254 g/mol. The lowest BCUT2D eigenvalue weighted by molar-refractivity contribution is 0.0793. The van der Waals surface area contributed by atoms with E-state index in [0.717, 1.165) is 25.0 Å². The first-order chi connectivity index (χ1) is 8.74. The van der Waals surface area contributed by atoms with Crippen molar-refractivity contribution < 1.29 is 4.74 Å². The molecule has 3 heteroatoms. The molecule has 0 aromatic rings. The van der Waals surface area contributed by atoms with E-state index in [1.54, 1.807) is 0 Å². The lowest BCUT2D eigenvalue weighted by atomic mass is 9.82. The molecule has 1 aliphatic carbocycles. The molecule has 0 spiro atoms. The third kappa shape index (κ3) is 3.46. The van der Waals surface area contributed by atoms with Gasteiger partial charge < -0.3 is 10.1 Å². The number of likely N-dealkylation sites (tertiary alicyclic amines) is 1. The van der Waals surface area contributed by atoms with Crippen LogP contribution in [-0.2, 0) is 4.74 Å². The third-order valence-electron chi connectivity index (χ3n) is 4.71. The SMILES string of the molecule is CCCNC1CCC(C)CC1N1CCC(OC)C1. The van der Waals surface area contributed by atoms with Gasteiger partial charge in [-0.15, -0.1) is 0 Å². The number of methoxy groups -OCH3 is 1. The van der Waals surface area contributed by atoms with Crippen molar-refractivity contribution >= 4 is 0 Å². The van der Waals surface area contributed by atoms with E-state index in [9.17, 15) is 0 Å². The molecule has 0 aromatic heterocycles. The summed E-state index contributed by atoms with van der Waals surface area (Å²) in [4.78, 5) is 2.68. The number of hydrogen-bond donors (Lipinski definition) is 1. The predicted octanol–water partition coefficient (Wildman–Crippen LogP) is 2.26. The van der Waals surface area contributed by atoms with Gasteiger partial charge in [0.2, 0.25) is 0 Å². The summed E-state index contributed by atoms with van der Waals surface area (Å²) in [6.45, 7) is 8.19. The standard InChI is InChI=1S/C15H30N2O/c1-4-8-16-14-6-5-12(2)10-15(14)17-9-7-13(11-17)18-3/h12-16H,4-11H2,1-3H3. The summed E-state index contributed by atoms with van der Waals surface area (Å²) in [6.07, 6.45) is 7.01. The Kier molecular flexibility index (Phi) is 5.46. The molecule has 106 valence electrons. The van der Waals surface area contributed by atoms with E-state index in [0.29, 0.717) is 12.1 Å². The largest absolute Gasteiger partial charge is 0.380 e. The van der Waals surface area contributed by atoms with Gasteiger partial charge in [-0.05, 0) is 44.6 Å². The second-order valence-corrected chi connectivity index (χ2v) is 6.19. The Bertz CT molecular complexity index is 243. The van der Waals surface area contributed by atoms with Crippen LogP contribution in [0, 0.1) is 5.92 Å². The van der Waals surface area contributed by atoms with Crippen LogP contribution in [0.3, 0.4) is 0 Å². The van der Waals surface area contributed by atoms with E-state index in [1.165, 1.54) is 38.6 Å². The van der Waals surface area contributed by atoms with Crippen molar-refractivity contribution in [1.29, 1.82) is 0 Å². The van der Waals surface area contributed by atoms with Crippen LogP contribution >= 0.6 is 0 Å². The fourth-order valence-corrected chi connectivity index (χ4v) is 3.57. The molecule has 1 N–H and O–H groups in total. The van der Waals surface area contributed by atoms with E-state index in [-0.39, 0.29) is 0 Å². The summed E-state index contributed by atoms with van der Waals surface area (Å²) < 4.78 is 5.51. The van der Waals surface area contributed by atoms with Crippen molar-refractivity contribution in [2.75, 3.05) is 26.7 Å². The summed E-state index contributed by atoms with van der Waals surface area (Å²) in [5.74, 6) is 0.885. The maximum atomic E-state index is 5.51. The van der Waals surface area contributed by atoms with Gasteiger partial charge in [-0.3, -0.25) is 4.90 Å². The molecule has 2 rings (SSSR count). The Balaban J connectivity index is 1.92. The summed E-state index contributed by atoms with van der Waals surface area (Å²) in [6, 6.07) is 1.44. The molecule has 2 aliphatic rings. The molecule has 0 bridgehead atoms. The number of nitrogens with zero attached hydrogens (tertiary/aromatic N) is 1. The molecule has 4 unspecified atom stereocenters. The van der Waals surface area contributed by atoms with Gasteiger partial charge in [0.05, 0.1) is 6.10 Å². The Hall–Kier alpha value is -0.120. The second-order valence-electron chi connectivity index (χ2n) is 6.19. The van der Waals surface area contributed by atoms with Gasteiger partial charge in [-0.2, -0.15) is 0 Å². The fraction of sp³-hybridized carbons (Fsp3) is 1.00. The molecule has 3 nitrogen and oxygen atoms in total. The van der Waals surface area contributed by atoms with Crippen LogP contribution in [0.15, 0.2) is 0 Å². The lowest BCUT2D eigenvalue weighted by Crippen LogP contribution is -2.52. The molecule has 1 saturated carbocycles. The normalized spacial score (nSPS) is 38.2. The lowest BCUT2D eigenvalue weighted by Gasteiger charge is -2.41. The molecule has 0 radical (unpaired) electrons. The molecule has 1 heterocycles. The van der Waals surface area contributed by atoms with E-state index in [2.05, 4.69) is 24.1 Å². The summed E-state index contributed by atoms with van der Waals surface area (Å²) in [7, 11) is 1.85. The zero-order valence-electron chi connectivity index (χ0n) is 12.3. The van der Waals surface area contributed by atoms with Crippen LogP contribution < -0.4 is 5.32 Å². The average molecular weight is 254 g/mol. The van der Waals surface area contributed by atoms with Crippen LogP contribution in [0.5, 0.6) is 0 Å². The molecule has 18 heavy (non-hydrogen) atoms. The maximum Gasteiger partial charge on any atom is 0.0710 e. The smallest absolute Gasteiger partial charge is 0.0710 e. The van der Waals surface area contributed by atoms with Crippen molar-refractivity contribution in [2.24, 2.45) is 5.92 Å². The van der Waals surface area contributed by atoms with Crippen molar-refractivity contribution in [1.82, 2.24) is 10.2 Å². The summed E-state index contributed by atoms with van der Waals surface area (Å²) in [5.41, 5.74) is 0. The van der Waals surface area contributed by atoms with E-state index < -0.39 is 0 Å². The zero-order chi connectivity index (χ0) is 13.0. The van der Waals surface area contributed by atoms with Gasteiger partial charge in [0.1, 0.15) is 0 Å². The zero-order valence-corrected chi connectivity index (χ0v) is 12.3. The van der Waals surface area contributed by atoms with Crippen LogP contribution in [0.1, 0.15) is 46.0 Å². The van der Waals surface area contributed by atoms with Crippen molar-refractivity contribution in [3.8, 4) is 0 Å². The topological polar surface area (TPSA) is 24.5 Å². The minimum atomic E-state index is 0.467. The number of ether oxygens (including phenoxy) is 1. The first-order valence-corrected chi connectivity index (χ1v) is 7.74. The van der Waals surface area contributed by atoms with Crippen molar-refractivity contribution in [3.05, 3.63) is 0 Å². The van der Waals surface area contributed by atoms with Gasteiger partial charge in [0, 0.05) is 32.3 Å². The average Bonchev–Trinajstić information content (AvgIpc) is 2.86. The second kappa shape index (κ2) is 6.88. The predicted molar refractivity (Wildman–Crippen MR) is 75.9 cm³/mol. The highest BCUT2D eigenvalue weighted by molar-refractivity contribution is 4.93. The van der Waals surface area contributed by atoms with Gasteiger partial charge in [-0.25, -0.2) is 0 Å². The molecule has 2 fully saturated rings. The van der Waals surface area contributed by atoms with E-state index in [4.69, 9.17) is 4.74 Å². The Morgan fingerprint density at radius 3 is 2.78 bits per heavy atom. The molecule has 1 aliphatic heterocycles. The minimum Gasteiger partial charge on any atom is -0.380 e. The molecular formula is C15H30N2O. The van der Waals surface area contributed by atoms with Crippen molar-refractivity contribution in [2.45, 2.75) is 64.1 Å². The van der Waals surface area contributed by atoms with Crippen LogP contribution in [0.4, 0.5) is 0 Å². The Labute approximate surface area is 112 Å². The third-order valence-corrected chi connectivity index (χ3v) is 4.71. The van der Waals surface area contributed by atoms with Crippen LogP contribution in [0.25, 0.3) is 0 Å². The van der Waals surface area contributed by atoms with Gasteiger partial charge >= 0.3 is 0 Å². The van der Waals surface area contributed by atoms with E-state index in [1.807, 2.05) is 7.11 Å². The summed E-state index contributed by atoms with van der Waals surface area (Å²) >= 11 is 0. The Morgan fingerprint density at radius 1 is 1.28 bits per heavy atom. The molecule has 1 saturated heterocycles. The maximum absolute atomic E-state index is 5.51. The highest BCUT2D eigenvalue weighted by Crippen LogP contribution is 2.30. The van der Waals surface area contributed by atoms with Crippen molar-refractivity contribution in [3.63, 3.8) is 0 Å². The summed E-state index contributed by atoms with van der Waals surface area (Å²) in [5, 5.41) is 3.77. The number of nitrogens with one attached hydrogen (secondary N) is 1. The van der Waals surface area contributed by atoms with Crippen LogP contribution in [0.2, 0.25) is 0 Å². The van der Waals surface area contributed by atoms with Gasteiger partial charge in [-0.1, -0.05) is 13.8 Å². The van der Waals surface area contributed by atoms with Gasteiger partial charge in [0.25, 0.3) is 0 Å². The highest BCUT2D eigenvalue weighted by Gasteiger charge is 2.36. The highest BCUT2D eigenvalue weighted by atomic mass is 16.5. The van der Waals surface area contributed by atoms with E-state index >= 15 is 0 Å². The first-order valence-electron chi connectivity index (χ1n) is 7.74. The Morgan fingerprint density at radius 2 is 2.11 bits per heavy atom. The molecule has 4 atom stereocenters. The molecular weight excluding hydrogens is 224 g/mol. The number of rotatable bonds is 5. The van der Waals surface area contributed by atoms with Gasteiger partial charge in [0.15, 0.2) is 0 Å². The number of hydrogen-bond acceptors (Lipinski definition) is 3. The minimum absolute atomic E-state index is 0.467. The first kappa shape index (κ1) is 14.3. The molecule has 0 aromatic carbocycles.